The van der Waals surface area contributed by atoms with E-state index in [-0.39, 0.29) is 0 Å². The molecule has 0 aliphatic heterocycles. The third-order valence-electron chi connectivity index (χ3n) is 3.01. The second-order valence-electron chi connectivity index (χ2n) is 6.67. The summed E-state index contributed by atoms with van der Waals surface area (Å²) in [7, 11) is -2.99. The summed E-state index contributed by atoms with van der Waals surface area (Å²) in [5, 5.41) is 21.0. The van der Waals surface area contributed by atoms with Crippen molar-refractivity contribution in [3.63, 3.8) is 0 Å². The van der Waals surface area contributed by atoms with Crippen LogP contribution >= 0.6 is 0 Å². The summed E-state index contributed by atoms with van der Waals surface area (Å²) < 4.78 is 0. The van der Waals surface area contributed by atoms with E-state index >= 15 is 0 Å². The van der Waals surface area contributed by atoms with Gasteiger partial charge in [-0.2, -0.15) is 10.5 Å². The summed E-state index contributed by atoms with van der Waals surface area (Å²) in [6.45, 7) is 13.7. The molecule has 18 heavy (non-hydrogen) atoms. The zero-order valence-electron chi connectivity index (χ0n) is 12.0. The van der Waals surface area contributed by atoms with E-state index in [0.717, 1.165) is 0 Å². The molecule has 94 valence electrons. The van der Waals surface area contributed by atoms with E-state index in [1.54, 1.807) is 0 Å². The van der Waals surface area contributed by atoms with E-state index < -0.39 is 16.1 Å². The first-order valence-electron chi connectivity index (χ1n) is 6.10. The van der Waals surface area contributed by atoms with Crippen LogP contribution in [0.1, 0.15) is 11.1 Å². The van der Waals surface area contributed by atoms with Crippen LogP contribution in [0.5, 0.6) is 0 Å². The van der Waals surface area contributed by atoms with Crippen LogP contribution in [0.4, 0.5) is 0 Å². The van der Waals surface area contributed by atoms with Crippen LogP contribution in [0.25, 0.3) is 0 Å². The van der Waals surface area contributed by atoms with E-state index in [1.807, 2.05) is 12.1 Å². The minimum atomic E-state index is -1.50. The molecule has 0 unspecified atom stereocenters. The molecule has 0 saturated carbocycles. The molecule has 1 rings (SSSR count). The largest absolute Gasteiger partial charge is 0.192 e. The number of hydrogen-bond acceptors (Lipinski definition) is 2. The Bertz CT molecular complexity index is 498. The maximum atomic E-state index is 9.16. The molecule has 0 aliphatic carbocycles. The number of benzene rings is 1. The van der Waals surface area contributed by atoms with Crippen LogP contribution in [-0.2, 0) is 0 Å². The molecule has 0 fully saturated rings. The molecule has 0 amide bonds. The molecule has 0 heterocycles. The molecule has 0 aliphatic rings. The number of rotatable bonds is 2. The zero-order chi connectivity index (χ0) is 14.1. The standard InChI is InChI=1S/C14H20N2Si2/c1-17(2,3)13-7-11(9-15)12(10-16)8-14(13)18(4,5)6/h7-8H,1-6H3. The molecule has 0 atom stereocenters. The van der Waals surface area contributed by atoms with Crippen molar-refractivity contribution in [2.75, 3.05) is 0 Å². The second kappa shape index (κ2) is 4.72. The molecule has 2 nitrogen and oxygen atoms in total. The summed E-state index contributed by atoms with van der Waals surface area (Å²) in [6.07, 6.45) is 0. The lowest BCUT2D eigenvalue weighted by atomic mass is 10.1. The van der Waals surface area contributed by atoms with E-state index in [0.29, 0.717) is 11.1 Å². The molecular formula is C14H20N2Si2. The van der Waals surface area contributed by atoms with Crippen molar-refractivity contribution in [3.8, 4) is 12.1 Å². The summed E-state index contributed by atoms with van der Waals surface area (Å²) in [6, 6.07) is 8.25. The van der Waals surface area contributed by atoms with Crippen molar-refractivity contribution in [2.45, 2.75) is 39.3 Å². The van der Waals surface area contributed by atoms with Gasteiger partial charge in [0.15, 0.2) is 0 Å². The van der Waals surface area contributed by atoms with Crippen molar-refractivity contribution < 1.29 is 0 Å². The topological polar surface area (TPSA) is 47.6 Å². The van der Waals surface area contributed by atoms with Gasteiger partial charge in [0.2, 0.25) is 0 Å². The molecule has 0 spiro atoms. The minimum absolute atomic E-state index is 0.525. The van der Waals surface area contributed by atoms with E-state index in [9.17, 15) is 0 Å². The van der Waals surface area contributed by atoms with Gasteiger partial charge in [-0.15, -0.1) is 0 Å². The maximum absolute atomic E-state index is 9.16. The summed E-state index contributed by atoms with van der Waals surface area (Å²) in [5.41, 5.74) is 1.05. The highest BCUT2D eigenvalue weighted by atomic mass is 28.3. The van der Waals surface area contributed by atoms with Crippen molar-refractivity contribution in [1.82, 2.24) is 0 Å². The molecule has 0 aromatic heterocycles. The first kappa shape index (κ1) is 14.7. The highest BCUT2D eigenvalue weighted by Crippen LogP contribution is 2.12. The SMILES string of the molecule is C[Si](C)(C)c1cc(C#N)c(C#N)cc1[Si](C)(C)C. The van der Waals surface area contributed by atoms with E-state index in [4.69, 9.17) is 10.5 Å². The predicted octanol–water partition coefficient (Wildman–Crippen LogP) is 2.52. The van der Waals surface area contributed by atoms with Crippen LogP contribution in [0.15, 0.2) is 12.1 Å². The predicted molar refractivity (Wildman–Crippen MR) is 81.8 cm³/mol. The van der Waals surface area contributed by atoms with E-state index in [2.05, 4.69) is 51.4 Å². The fourth-order valence-electron chi connectivity index (χ4n) is 2.03. The van der Waals surface area contributed by atoms with Gasteiger partial charge in [-0.05, 0) is 12.1 Å². The lowest BCUT2D eigenvalue weighted by Gasteiger charge is -2.28. The molecule has 0 N–H and O–H groups in total. The van der Waals surface area contributed by atoms with Crippen LogP contribution in [0.2, 0.25) is 39.3 Å². The average Bonchev–Trinajstić information content (AvgIpc) is 2.24. The zero-order valence-corrected chi connectivity index (χ0v) is 14.0. The third-order valence-corrected chi connectivity index (χ3v) is 7.32. The highest BCUT2D eigenvalue weighted by molar-refractivity contribution is 6.98. The van der Waals surface area contributed by atoms with Crippen molar-refractivity contribution in [3.05, 3.63) is 23.3 Å². The van der Waals surface area contributed by atoms with Crippen LogP contribution in [0.3, 0.4) is 0 Å². The molecule has 1 aromatic carbocycles. The Hall–Kier alpha value is -1.37. The molecule has 1 aromatic rings. The number of nitrogens with zero attached hydrogens (tertiary/aromatic N) is 2. The van der Waals surface area contributed by atoms with Gasteiger partial charge in [-0.25, -0.2) is 0 Å². The van der Waals surface area contributed by atoms with Gasteiger partial charge in [-0.1, -0.05) is 49.7 Å². The monoisotopic (exact) mass is 272 g/mol. The number of nitriles is 2. The summed E-state index contributed by atoms with van der Waals surface area (Å²) >= 11 is 0. The normalized spacial score (nSPS) is 11.8. The quantitative estimate of drug-likeness (QED) is 0.777. The minimum Gasteiger partial charge on any atom is -0.192 e. The Balaban J connectivity index is 3.71. The Morgan fingerprint density at radius 2 is 1.00 bits per heavy atom. The smallest absolute Gasteiger partial charge is 0.101 e. The van der Waals surface area contributed by atoms with Crippen LogP contribution in [0, 0.1) is 22.7 Å². The Kier molecular flexibility index (Phi) is 3.85. The lowest BCUT2D eigenvalue weighted by Crippen LogP contribution is -2.56. The van der Waals surface area contributed by atoms with Gasteiger partial charge in [0, 0.05) is 0 Å². The number of hydrogen-bond donors (Lipinski definition) is 0. The maximum Gasteiger partial charge on any atom is 0.101 e. The van der Waals surface area contributed by atoms with Gasteiger partial charge >= 0.3 is 0 Å². The molecule has 0 bridgehead atoms. The lowest BCUT2D eigenvalue weighted by molar-refractivity contribution is 1.44. The Labute approximate surface area is 112 Å². The van der Waals surface area contributed by atoms with Crippen molar-refractivity contribution in [1.29, 1.82) is 10.5 Å². The average molecular weight is 272 g/mol. The summed E-state index contributed by atoms with van der Waals surface area (Å²) in [4.78, 5) is 0. The van der Waals surface area contributed by atoms with Crippen LogP contribution in [-0.4, -0.2) is 16.1 Å². The first-order chi connectivity index (χ1) is 8.11. The van der Waals surface area contributed by atoms with Gasteiger partial charge in [0.25, 0.3) is 0 Å². The van der Waals surface area contributed by atoms with Crippen molar-refractivity contribution in [2.24, 2.45) is 0 Å². The summed E-state index contributed by atoms with van der Waals surface area (Å²) in [5.74, 6) is 0. The molecular weight excluding hydrogens is 252 g/mol. The van der Waals surface area contributed by atoms with Gasteiger partial charge < -0.3 is 0 Å². The first-order valence-corrected chi connectivity index (χ1v) is 13.1. The van der Waals surface area contributed by atoms with Crippen LogP contribution < -0.4 is 10.4 Å². The molecule has 0 radical (unpaired) electrons. The molecule has 4 heteroatoms. The fraction of sp³-hybridized carbons (Fsp3) is 0.429. The van der Waals surface area contributed by atoms with Gasteiger partial charge in [0.1, 0.15) is 12.1 Å². The Morgan fingerprint density at radius 1 is 0.722 bits per heavy atom. The highest BCUT2D eigenvalue weighted by Gasteiger charge is 2.28. The third kappa shape index (κ3) is 2.90. The molecule has 0 saturated heterocycles. The van der Waals surface area contributed by atoms with E-state index in [1.165, 1.54) is 10.4 Å². The van der Waals surface area contributed by atoms with Gasteiger partial charge in [0.05, 0.1) is 27.3 Å². The second-order valence-corrected chi connectivity index (χ2v) is 16.7. The fourth-order valence-corrected chi connectivity index (χ4v) is 7.19. The Morgan fingerprint density at radius 3 is 1.17 bits per heavy atom. The van der Waals surface area contributed by atoms with Crippen molar-refractivity contribution >= 4 is 26.5 Å². The van der Waals surface area contributed by atoms with Gasteiger partial charge in [-0.3, -0.25) is 0 Å².